The van der Waals surface area contributed by atoms with Crippen LogP contribution in [0.2, 0.25) is 0 Å². The van der Waals surface area contributed by atoms with E-state index in [4.69, 9.17) is 9.47 Å². The molecular formula is C29H57BF4N2O2. The molecule has 0 fully saturated rings. The number of hydrogen-bond acceptors (Lipinski definition) is 2. The number of nitrogens with zero attached hydrogens (tertiary/aromatic N) is 2. The van der Waals surface area contributed by atoms with E-state index < -0.39 is 7.25 Å². The number of unbranched alkanes of at least 4 members (excludes halogenated alkanes) is 18. The summed E-state index contributed by atoms with van der Waals surface area (Å²) in [6.07, 6.45) is 33.6. The Morgan fingerprint density at radius 1 is 0.579 bits per heavy atom. The molecule has 0 spiro atoms. The molecule has 0 aliphatic heterocycles. The van der Waals surface area contributed by atoms with Gasteiger partial charge < -0.3 is 26.7 Å². The maximum Gasteiger partial charge on any atom is 0.673 e. The molecule has 0 aliphatic rings. The largest absolute Gasteiger partial charge is 0.673 e. The summed E-state index contributed by atoms with van der Waals surface area (Å²) in [5, 5.41) is 0. The quantitative estimate of drug-likeness (QED) is 0.0495. The van der Waals surface area contributed by atoms with E-state index in [1.165, 1.54) is 128 Å². The van der Waals surface area contributed by atoms with E-state index in [1.807, 2.05) is 0 Å². The van der Waals surface area contributed by atoms with Crippen LogP contribution in [0.1, 0.15) is 142 Å². The van der Waals surface area contributed by atoms with Crippen molar-refractivity contribution in [2.45, 2.75) is 156 Å². The molecule has 38 heavy (non-hydrogen) atoms. The van der Waals surface area contributed by atoms with E-state index in [0.29, 0.717) is 13.5 Å². The predicted molar refractivity (Wildman–Crippen MR) is 150 cm³/mol. The maximum absolute atomic E-state index is 9.75. The number of halogens is 4. The number of hydrogen-bond donors (Lipinski definition) is 0. The fourth-order valence-electron chi connectivity index (χ4n) is 4.31. The Morgan fingerprint density at radius 3 is 1.37 bits per heavy atom. The van der Waals surface area contributed by atoms with Gasteiger partial charge in [0.2, 0.25) is 6.33 Å². The molecule has 1 aromatic heterocycles. The summed E-state index contributed by atoms with van der Waals surface area (Å²) in [5.74, 6) is 0. The molecule has 1 heterocycles. The van der Waals surface area contributed by atoms with Crippen LogP contribution in [0.3, 0.4) is 0 Å². The second kappa shape index (κ2) is 27.5. The standard InChI is InChI=1S/C29H57N2O2.BF4/c1-3-5-7-9-11-13-15-17-19-21-25-32-28-30-23-24-31(27-30)29-33-26-22-20-18-16-14-12-10-8-6-4-2;2-1(3,4)5/h23-24,27H,3-22,25-26,28-29H2,1-2H3;/q+1;-1. The Kier molecular flexibility index (Phi) is 26.7. The second-order valence-electron chi connectivity index (χ2n) is 10.4. The molecular weight excluding hydrogens is 495 g/mol. The molecule has 0 N–H and O–H groups in total. The highest BCUT2D eigenvalue weighted by molar-refractivity contribution is 6.50. The Bertz CT molecular complexity index is 555. The molecule has 0 amide bonds. The van der Waals surface area contributed by atoms with Crippen LogP contribution in [0, 0.1) is 0 Å². The van der Waals surface area contributed by atoms with E-state index in [2.05, 4.69) is 41.7 Å². The summed E-state index contributed by atoms with van der Waals surface area (Å²) >= 11 is 0. The van der Waals surface area contributed by atoms with Crippen LogP contribution in [0.25, 0.3) is 0 Å². The molecule has 9 heteroatoms. The van der Waals surface area contributed by atoms with E-state index in [0.717, 1.165) is 13.2 Å². The van der Waals surface area contributed by atoms with Gasteiger partial charge >= 0.3 is 7.25 Å². The highest BCUT2D eigenvalue weighted by Gasteiger charge is 2.20. The summed E-state index contributed by atoms with van der Waals surface area (Å²) in [6, 6.07) is 0. The van der Waals surface area contributed by atoms with Crippen LogP contribution in [0.15, 0.2) is 18.7 Å². The van der Waals surface area contributed by atoms with Gasteiger partial charge in [-0.25, -0.2) is 9.13 Å². The minimum atomic E-state index is -6.00. The fraction of sp³-hybridized carbons (Fsp3) is 0.897. The maximum atomic E-state index is 9.75. The first kappa shape index (κ1) is 36.9. The number of ether oxygens (including phenoxy) is 2. The zero-order valence-corrected chi connectivity index (χ0v) is 24.5. The van der Waals surface area contributed by atoms with Crippen LogP contribution in [-0.2, 0) is 22.9 Å². The van der Waals surface area contributed by atoms with Gasteiger partial charge in [-0.1, -0.05) is 129 Å². The van der Waals surface area contributed by atoms with Crippen LogP contribution in [0.4, 0.5) is 17.3 Å². The first-order chi connectivity index (χ1) is 18.4. The lowest BCUT2D eigenvalue weighted by molar-refractivity contribution is -0.732. The lowest BCUT2D eigenvalue weighted by Gasteiger charge is -2.04. The Morgan fingerprint density at radius 2 is 0.947 bits per heavy atom. The number of rotatable bonds is 26. The highest BCUT2D eigenvalue weighted by Crippen LogP contribution is 2.11. The number of imidazole rings is 1. The third-order valence-corrected chi connectivity index (χ3v) is 6.51. The molecule has 0 saturated carbocycles. The summed E-state index contributed by atoms with van der Waals surface area (Å²) in [6.45, 7) is 7.58. The predicted octanol–water partition coefficient (Wildman–Crippen LogP) is 9.87. The average molecular weight is 553 g/mol. The van der Waals surface area contributed by atoms with E-state index >= 15 is 0 Å². The van der Waals surface area contributed by atoms with Crippen molar-refractivity contribution in [2.24, 2.45) is 0 Å². The van der Waals surface area contributed by atoms with Gasteiger partial charge in [0, 0.05) is 0 Å². The van der Waals surface area contributed by atoms with Gasteiger partial charge in [0.15, 0.2) is 13.5 Å². The van der Waals surface area contributed by atoms with E-state index in [1.54, 1.807) is 0 Å². The van der Waals surface area contributed by atoms with Crippen molar-refractivity contribution in [3.05, 3.63) is 18.7 Å². The van der Waals surface area contributed by atoms with Crippen LogP contribution < -0.4 is 4.57 Å². The van der Waals surface area contributed by atoms with Gasteiger partial charge in [-0.3, -0.25) is 0 Å². The van der Waals surface area contributed by atoms with Crippen molar-refractivity contribution in [3.8, 4) is 0 Å². The zero-order valence-electron chi connectivity index (χ0n) is 24.5. The molecule has 4 nitrogen and oxygen atoms in total. The molecule has 1 rings (SSSR count). The topological polar surface area (TPSA) is 27.3 Å². The first-order valence-electron chi connectivity index (χ1n) is 15.4. The van der Waals surface area contributed by atoms with Gasteiger partial charge in [-0.2, -0.15) is 0 Å². The SMILES string of the molecule is CCCCCCCCCCCCOCn1cc[n+](COCCCCCCCCCCCC)c1.F[B-](F)(F)F. The zero-order chi connectivity index (χ0) is 28.2. The monoisotopic (exact) mass is 552 g/mol. The van der Waals surface area contributed by atoms with Gasteiger partial charge in [-0.15, -0.1) is 0 Å². The summed E-state index contributed by atoms with van der Waals surface area (Å²) in [7, 11) is -6.00. The molecule has 1 aromatic rings. The minimum absolute atomic E-state index is 0.642. The smallest absolute Gasteiger partial charge is 0.418 e. The molecule has 0 atom stereocenters. The molecule has 0 aliphatic carbocycles. The Labute approximate surface area is 231 Å². The average Bonchev–Trinajstić information content (AvgIpc) is 3.32. The van der Waals surface area contributed by atoms with Gasteiger partial charge in [0.05, 0.1) is 13.2 Å². The third kappa shape index (κ3) is 31.1. The molecule has 0 bridgehead atoms. The van der Waals surface area contributed by atoms with Crippen molar-refractivity contribution in [2.75, 3.05) is 13.2 Å². The Balaban J connectivity index is 0.00000249. The van der Waals surface area contributed by atoms with Crippen molar-refractivity contribution in [3.63, 3.8) is 0 Å². The van der Waals surface area contributed by atoms with Gasteiger partial charge in [0.25, 0.3) is 0 Å². The lowest BCUT2D eigenvalue weighted by Crippen LogP contribution is -2.32. The molecule has 0 unspecified atom stereocenters. The van der Waals surface area contributed by atoms with Crippen molar-refractivity contribution >= 4 is 7.25 Å². The number of aromatic nitrogens is 2. The highest BCUT2D eigenvalue weighted by atomic mass is 19.5. The van der Waals surface area contributed by atoms with Crippen molar-refractivity contribution in [1.29, 1.82) is 0 Å². The Hall–Kier alpha value is -1.09. The molecule has 0 saturated heterocycles. The summed E-state index contributed by atoms with van der Waals surface area (Å²) in [5.41, 5.74) is 0. The van der Waals surface area contributed by atoms with E-state index in [-0.39, 0.29) is 0 Å². The normalized spacial score (nSPS) is 11.5. The van der Waals surface area contributed by atoms with Crippen LogP contribution >= 0.6 is 0 Å². The van der Waals surface area contributed by atoms with Crippen molar-refractivity contribution < 1.29 is 31.3 Å². The van der Waals surface area contributed by atoms with Crippen LogP contribution in [0.5, 0.6) is 0 Å². The molecule has 0 radical (unpaired) electrons. The lowest BCUT2D eigenvalue weighted by atomic mass is 10.1. The van der Waals surface area contributed by atoms with Gasteiger partial charge in [-0.05, 0) is 12.8 Å². The minimum Gasteiger partial charge on any atom is -0.418 e. The molecule has 0 aromatic carbocycles. The molecule has 226 valence electrons. The van der Waals surface area contributed by atoms with E-state index in [9.17, 15) is 17.3 Å². The second-order valence-corrected chi connectivity index (χ2v) is 10.4. The fourth-order valence-corrected chi connectivity index (χ4v) is 4.31. The third-order valence-electron chi connectivity index (χ3n) is 6.51. The van der Waals surface area contributed by atoms with Crippen molar-refractivity contribution in [1.82, 2.24) is 4.57 Å². The van der Waals surface area contributed by atoms with Gasteiger partial charge in [0.1, 0.15) is 12.4 Å². The summed E-state index contributed by atoms with van der Waals surface area (Å²) in [4.78, 5) is 0. The first-order valence-corrected chi connectivity index (χ1v) is 15.4. The summed E-state index contributed by atoms with van der Waals surface area (Å²) < 4.78 is 54.9. The van der Waals surface area contributed by atoms with Crippen LogP contribution in [-0.4, -0.2) is 25.0 Å².